The number of hydrogen-bond donors (Lipinski definition) is 2. The van der Waals surface area contributed by atoms with E-state index < -0.39 is 0 Å². The Morgan fingerprint density at radius 2 is 2.10 bits per heavy atom. The van der Waals surface area contributed by atoms with E-state index in [1.54, 1.807) is 11.3 Å². The predicted octanol–water partition coefficient (Wildman–Crippen LogP) is 3.61. The molecule has 1 aromatic heterocycles. The zero-order valence-corrected chi connectivity index (χ0v) is 14.4. The van der Waals surface area contributed by atoms with Crippen LogP contribution in [-0.4, -0.2) is 12.5 Å². The van der Waals surface area contributed by atoms with Gasteiger partial charge in [0.25, 0.3) is 5.91 Å². The van der Waals surface area contributed by atoms with Gasteiger partial charge < -0.3 is 11.1 Å². The molecule has 0 saturated carbocycles. The van der Waals surface area contributed by atoms with Crippen LogP contribution in [0.2, 0.25) is 0 Å². The summed E-state index contributed by atoms with van der Waals surface area (Å²) in [5, 5.41) is 2.87. The minimum absolute atomic E-state index is 0.00846. The molecule has 0 bridgehead atoms. The highest BCUT2D eigenvalue weighted by Gasteiger charge is 2.20. The van der Waals surface area contributed by atoms with Crippen LogP contribution in [0.5, 0.6) is 0 Å². The average molecular weight is 416 g/mol. The van der Waals surface area contributed by atoms with Gasteiger partial charge in [-0.1, -0.05) is 12.1 Å². The summed E-state index contributed by atoms with van der Waals surface area (Å²) in [4.78, 5) is 11.9. The second-order valence-corrected chi connectivity index (χ2v) is 8.43. The topological polar surface area (TPSA) is 55.1 Å². The zero-order chi connectivity index (χ0) is 14.3. The van der Waals surface area contributed by atoms with E-state index in [1.165, 1.54) is 0 Å². The van der Waals surface area contributed by atoms with Gasteiger partial charge in [-0.2, -0.15) is 0 Å². The van der Waals surface area contributed by atoms with Crippen molar-refractivity contribution in [3.8, 4) is 0 Å². The van der Waals surface area contributed by atoms with Crippen LogP contribution >= 0.6 is 43.2 Å². The maximum atomic E-state index is 11.9. The van der Waals surface area contributed by atoms with Gasteiger partial charge >= 0.3 is 0 Å². The number of nitrogens with two attached hydrogens (primary N) is 1. The van der Waals surface area contributed by atoms with E-state index in [9.17, 15) is 4.79 Å². The van der Waals surface area contributed by atoms with Crippen molar-refractivity contribution in [2.45, 2.75) is 12.5 Å². The first-order valence-corrected chi connectivity index (χ1v) is 8.58. The summed E-state index contributed by atoms with van der Waals surface area (Å²) in [6.07, 6.45) is 0.879. The van der Waals surface area contributed by atoms with E-state index in [0.29, 0.717) is 6.54 Å². The summed E-state index contributed by atoms with van der Waals surface area (Å²) in [5.41, 5.74) is 10.1. The quantitative estimate of drug-likeness (QED) is 0.787. The van der Waals surface area contributed by atoms with Crippen molar-refractivity contribution < 1.29 is 4.79 Å². The average Bonchev–Trinajstić information content (AvgIpc) is 2.77. The minimum atomic E-state index is -0.244. The van der Waals surface area contributed by atoms with Crippen LogP contribution in [0.25, 0.3) is 0 Å². The Kier molecular flexibility index (Phi) is 3.99. The normalized spacial score (nSPS) is 15.7. The van der Waals surface area contributed by atoms with Gasteiger partial charge in [0, 0.05) is 12.1 Å². The summed E-state index contributed by atoms with van der Waals surface area (Å²) in [5.74, 6) is -0.00846. The molecule has 104 valence electrons. The Morgan fingerprint density at radius 3 is 2.80 bits per heavy atom. The molecule has 1 aromatic carbocycles. The van der Waals surface area contributed by atoms with E-state index >= 15 is 0 Å². The molecule has 0 aliphatic carbocycles. The molecular weight excluding hydrogens is 404 g/mol. The Morgan fingerprint density at radius 1 is 1.30 bits per heavy atom. The lowest BCUT2D eigenvalue weighted by atomic mass is 9.94. The summed E-state index contributed by atoms with van der Waals surface area (Å²) in [7, 11) is 0. The van der Waals surface area contributed by atoms with E-state index in [1.807, 2.05) is 24.3 Å². The third kappa shape index (κ3) is 2.57. The molecule has 3 nitrogen and oxygen atoms in total. The number of hydrogen-bond acceptors (Lipinski definition) is 3. The predicted molar refractivity (Wildman–Crippen MR) is 88.2 cm³/mol. The van der Waals surface area contributed by atoms with Gasteiger partial charge in [-0.3, -0.25) is 4.79 Å². The van der Waals surface area contributed by atoms with Crippen molar-refractivity contribution in [3.05, 3.63) is 54.1 Å². The minimum Gasteiger partial charge on any atom is -0.352 e. The van der Waals surface area contributed by atoms with Gasteiger partial charge in [0.2, 0.25) is 0 Å². The molecule has 0 fully saturated rings. The third-order valence-corrected chi connectivity index (χ3v) is 5.82. The second-order valence-electron chi connectivity index (χ2n) is 4.68. The van der Waals surface area contributed by atoms with E-state index in [-0.39, 0.29) is 11.9 Å². The van der Waals surface area contributed by atoms with Gasteiger partial charge in [-0.15, -0.1) is 11.3 Å². The van der Waals surface area contributed by atoms with Crippen LogP contribution < -0.4 is 11.1 Å². The molecule has 2 aromatic rings. The largest absolute Gasteiger partial charge is 0.352 e. The van der Waals surface area contributed by atoms with E-state index in [4.69, 9.17) is 5.73 Å². The highest BCUT2D eigenvalue weighted by atomic mass is 79.9. The van der Waals surface area contributed by atoms with Crippen LogP contribution in [-0.2, 0) is 6.42 Å². The Balaban J connectivity index is 2.00. The lowest BCUT2D eigenvalue weighted by molar-refractivity contribution is 0.0946. The van der Waals surface area contributed by atoms with Crippen LogP contribution in [0.4, 0.5) is 0 Å². The second kappa shape index (κ2) is 5.60. The third-order valence-electron chi connectivity index (χ3n) is 3.44. The van der Waals surface area contributed by atoms with Gasteiger partial charge in [-0.05, 0) is 67.1 Å². The van der Waals surface area contributed by atoms with Gasteiger partial charge in [0.1, 0.15) is 0 Å². The molecule has 20 heavy (non-hydrogen) atoms. The molecule has 1 aliphatic heterocycles. The van der Waals surface area contributed by atoms with E-state index in [0.717, 1.165) is 36.2 Å². The molecule has 3 rings (SSSR count). The zero-order valence-electron chi connectivity index (χ0n) is 10.5. The highest BCUT2D eigenvalue weighted by Crippen LogP contribution is 2.37. The van der Waals surface area contributed by atoms with Crippen molar-refractivity contribution in [2.24, 2.45) is 5.73 Å². The van der Waals surface area contributed by atoms with Crippen molar-refractivity contribution in [3.63, 3.8) is 0 Å². The highest BCUT2D eigenvalue weighted by molar-refractivity contribution is 9.12. The Hall–Kier alpha value is -0.690. The molecule has 2 heterocycles. The first kappa shape index (κ1) is 14.3. The van der Waals surface area contributed by atoms with Crippen LogP contribution in [0, 0.1) is 0 Å². The number of carbonyl (C=O) groups excluding carboxylic acids is 1. The lowest BCUT2D eigenvalue weighted by Gasteiger charge is -2.19. The van der Waals surface area contributed by atoms with Crippen LogP contribution in [0.1, 0.15) is 33.1 Å². The van der Waals surface area contributed by atoms with Crippen molar-refractivity contribution in [2.75, 3.05) is 6.54 Å². The first-order valence-electron chi connectivity index (χ1n) is 6.17. The Labute approximate surface area is 137 Å². The number of amides is 1. The number of halogens is 2. The Bertz CT molecular complexity index is 684. The summed E-state index contributed by atoms with van der Waals surface area (Å²) in [6.45, 7) is 0.709. The number of carbonyl (C=O) groups is 1. The lowest BCUT2D eigenvalue weighted by Crippen LogP contribution is -2.32. The number of benzene rings is 1. The number of fused-ring (bicyclic) bond motifs is 1. The van der Waals surface area contributed by atoms with Crippen LogP contribution in [0.3, 0.4) is 0 Å². The number of rotatable bonds is 2. The summed E-state index contributed by atoms with van der Waals surface area (Å²) < 4.78 is 2.05. The summed E-state index contributed by atoms with van der Waals surface area (Å²) >= 11 is 8.59. The van der Waals surface area contributed by atoms with Crippen molar-refractivity contribution in [1.29, 1.82) is 0 Å². The smallest absolute Gasteiger partial charge is 0.251 e. The molecule has 1 unspecified atom stereocenters. The van der Waals surface area contributed by atoms with Crippen molar-refractivity contribution >= 4 is 49.1 Å². The molecule has 0 saturated heterocycles. The van der Waals surface area contributed by atoms with Crippen LogP contribution in [0.15, 0.2) is 31.8 Å². The summed E-state index contributed by atoms with van der Waals surface area (Å²) in [6, 6.07) is 7.70. The number of thiophene rings is 1. The molecular formula is C14H12Br2N2OS. The SMILES string of the molecule is NC(c1ccc2c(c1)C(=O)NCC2)c1cc(Br)sc1Br. The maximum absolute atomic E-state index is 11.9. The fraction of sp³-hybridized carbons (Fsp3) is 0.214. The number of nitrogens with one attached hydrogen (secondary N) is 1. The fourth-order valence-corrected chi connectivity index (χ4v) is 5.30. The van der Waals surface area contributed by atoms with Gasteiger partial charge in [0.05, 0.1) is 13.6 Å². The van der Waals surface area contributed by atoms with Gasteiger partial charge in [-0.25, -0.2) is 0 Å². The molecule has 3 N–H and O–H groups in total. The molecule has 6 heteroatoms. The molecule has 0 radical (unpaired) electrons. The maximum Gasteiger partial charge on any atom is 0.251 e. The standard InChI is InChI=1S/C14H12Br2N2OS/c15-11-6-10(13(16)20-11)12(17)8-2-1-7-3-4-18-14(19)9(7)5-8/h1-2,5-6,12H,3-4,17H2,(H,18,19). The molecule has 1 amide bonds. The molecule has 1 atom stereocenters. The monoisotopic (exact) mass is 414 g/mol. The first-order chi connectivity index (χ1) is 9.56. The molecule has 1 aliphatic rings. The van der Waals surface area contributed by atoms with Gasteiger partial charge in [0.15, 0.2) is 0 Å². The van der Waals surface area contributed by atoms with Crippen molar-refractivity contribution in [1.82, 2.24) is 5.32 Å². The van der Waals surface area contributed by atoms with E-state index in [2.05, 4.69) is 37.2 Å². The molecule has 0 spiro atoms. The fourth-order valence-electron chi connectivity index (χ4n) is 2.37.